The summed E-state index contributed by atoms with van der Waals surface area (Å²) in [6, 6.07) is 13.9. The number of nitrogens with zero attached hydrogens (tertiary/aromatic N) is 1. The van der Waals surface area contributed by atoms with Crippen molar-refractivity contribution in [3.63, 3.8) is 0 Å². The summed E-state index contributed by atoms with van der Waals surface area (Å²) in [5.74, 6) is -0.889. The third-order valence-electron chi connectivity index (χ3n) is 6.56. The number of carbonyl (C=O) groups is 2. The fourth-order valence-electron chi connectivity index (χ4n) is 4.72. The van der Waals surface area contributed by atoms with Crippen LogP contribution in [-0.2, 0) is 32.5 Å². The lowest BCUT2D eigenvalue weighted by Crippen LogP contribution is -2.56. The molecule has 1 amide bonds. The van der Waals surface area contributed by atoms with Gasteiger partial charge in [0.25, 0.3) is 5.91 Å². The Hall–Kier alpha value is -2.71. The highest BCUT2D eigenvalue weighted by molar-refractivity contribution is 7.89. The number of benzene rings is 2. The zero-order chi connectivity index (χ0) is 23.5. The van der Waals surface area contributed by atoms with Crippen LogP contribution in [0.2, 0.25) is 0 Å². The van der Waals surface area contributed by atoms with Gasteiger partial charge in [-0.1, -0.05) is 49.6 Å². The minimum absolute atomic E-state index is 0.0726. The number of amides is 1. The molecule has 33 heavy (non-hydrogen) atoms. The number of ether oxygens (including phenoxy) is 1. The molecule has 7 nitrogen and oxygen atoms in total. The zero-order valence-electron chi connectivity index (χ0n) is 18.9. The van der Waals surface area contributed by atoms with Crippen molar-refractivity contribution in [1.82, 2.24) is 9.62 Å². The van der Waals surface area contributed by atoms with Crippen molar-refractivity contribution >= 4 is 21.9 Å². The van der Waals surface area contributed by atoms with Crippen molar-refractivity contribution in [2.75, 3.05) is 13.2 Å². The summed E-state index contributed by atoms with van der Waals surface area (Å²) in [6.07, 6.45) is 4.33. The van der Waals surface area contributed by atoms with Crippen LogP contribution >= 0.6 is 0 Å². The van der Waals surface area contributed by atoms with Crippen molar-refractivity contribution in [3.8, 4) is 0 Å². The second-order valence-corrected chi connectivity index (χ2v) is 10.6. The van der Waals surface area contributed by atoms with E-state index in [1.54, 1.807) is 19.1 Å². The maximum atomic E-state index is 13.3. The predicted octanol–water partition coefficient (Wildman–Crippen LogP) is 3.43. The molecule has 1 aliphatic heterocycles. The molecule has 1 N–H and O–H groups in total. The van der Waals surface area contributed by atoms with Crippen LogP contribution < -0.4 is 5.32 Å². The van der Waals surface area contributed by atoms with E-state index in [0.717, 1.165) is 30.4 Å². The Morgan fingerprint density at radius 1 is 1.03 bits per heavy atom. The summed E-state index contributed by atoms with van der Waals surface area (Å²) < 4.78 is 33.4. The van der Waals surface area contributed by atoms with Crippen LogP contribution in [-0.4, -0.2) is 43.3 Å². The molecule has 176 valence electrons. The summed E-state index contributed by atoms with van der Waals surface area (Å²) in [5, 5.41) is 2.88. The van der Waals surface area contributed by atoms with Gasteiger partial charge in [0.2, 0.25) is 10.0 Å². The highest BCUT2D eigenvalue weighted by atomic mass is 32.2. The number of sulfonamides is 1. The molecule has 0 aromatic heterocycles. The number of nitrogens with one attached hydrogen (secondary N) is 1. The van der Waals surface area contributed by atoms with Crippen LogP contribution in [0.5, 0.6) is 0 Å². The van der Waals surface area contributed by atoms with Crippen LogP contribution in [0.3, 0.4) is 0 Å². The van der Waals surface area contributed by atoms with Gasteiger partial charge >= 0.3 is 5.97 Å². The summed E-state index contributed by atoms with van der Waals surface area (Å²) in [5.41, 5.74) is 1.31. The molecule has 2 aliphatic rings. The van der Waals surface area contributed by atoms with Gasteiger partial charge in [-0.3, -0.25) is 4.79 Å². The predicted molar refractivity (Wildman–Crippen MR) is 124 cm³/mol. The number of esters is 1. The Balaban J connectivity index is 1.56. The normalized spacial score (nSPS) is 18.2. The third-order valence-corrected chi connectivity index (χ3v) is 8.40. The quantitative estimate of drug-likeness (QED) is 0.653. The average molecular weight is 471 g/mol. The van der Waals surface area contributed by atoms with Crippen LogP contribution in [0, 0.1) is 0 Å². The molecule has 0 saturated heterocycles. The van der Waals surface area contributed by atoms with Gasteiger partial charge in [-0.25, -0.2) is 13.2 Å². The maximum Gasteiger partial charge on any atom is 0.331 e. The zero-order valence-corrected chi connectivity index (χ0v) is 19.7. The van der Waals surface area contributed by atoms with E-state index >= 15 is 0 Å². The van der Waals surface area contributed by atoms with Gasteiger partial charge in [-0.05, 0) is 55.5 Å². The van der Waals surface area contributed by atoms with Crippen LogP contribution in [0.1, 0.15) is 60.5 Å². The molecule has 1 aliphatic carbocycles. The molecule has 0 atom stereocenters. The highest BCUT2D eigenvalue weighted by Gasteiger charge is 2.42. The van der Waals surface area contributed by atoms with Crippen molar-refractivity contribution in [2.24, 2.45) is 0 Å². The molecular weight excluding hydrogens is 440 g/mol. The first-order chi connectivity index (χ1) is 15.9. The van der Waals surface area contributed by atoms with Crippen LogP contribution in [0.4, 0.5) is 0 Å². The monoisotopic (exact) mass is 470 g/mol. The lowest BCUT2D eigenvalue weighted by Gasteiger charge is -2.35. The van der Waals surface area contributed by atoms with E-state index in [9.17, 15) is 18.0 Å². The van der Waals surface area contributed by atoms with Gasteiger partial charge in [0.1, 0.15) is 5.54 Å². The van der Waals surface area contributed by atoms with E-state index < -0.39 is 27.4 Å². The third kappa shape index (κ3) is 4.82. The Bertz CT molecular complexity index is 1140. The molecule has 0 unspecified atom stereocenters. The van der Waals surface area contributed by atoms with Gasteiger partial charge in [-0.2, -0.15) is 4.31 Å². The first-order valence-corrected chi connectivity index (χ1v) is 13.0. The lowest BCUT2D eigenvalue weighted by molar-refractivity contribution is -0.152. The van der Waals surface area contributed by atoms with E-state index in [4.69, 9.17) is 4.74 Å². The molecule has 8 heteroatoms. The molecule has 2 aromatic carbocycles. The number of hydrogen-bond acceptors (Lipinski definition) is 5. The standard InChI is InChI=1S/C25H30N2O5S/c1-2-32-24(29)25(14-6-3-7-15-25)26-23(28)20-11-8-12-22(17-20)33(30,31)27-16-13-19-9-4-5-10-21(19)18-27/h4-5,8-12,17H,2-3,6-7,13-16,18H2,1H3,(H,26,28). The number of rotatable bonds is 6. The number of fused-ring (bicyclic) bond motifs is 1. The van der Waals surface area contributed by atoms with Gasteiger partial charge < -0.3 is 10.1 Å². The Kier molecular flexibility index (Phi) is 6.86. The van der Waals surface area contributed by atoms with Gasteiger partial charge in [0.05, 0.1) is 11.5 Å². The molecule has 1 fully saturated rings. The smallest absolute Gasteiger partial charge is 0.331 e. The Morgan fingerprint density at radius 3 is 2.48 bits per heavy atom. The summed E-state index contributed by atoms with van der Waals surface area (Å²) in [6.45, 7) is 2.68. The summed E-state index contributed by atoms with van der Waals surface area (Å²) in [4.78, 5) is 25.9. The molecule has 1 heterocycles. The van der Waals surface area contributed by atoms with E-state index in [-0.39, 0.29) is 17.1 Å². The van der Waals surface area contributed by atoms with Gasteiger partial charge in [-0.15, -0.1) is 0 Å². The molecule has 0 bridgehead atoms. The SMILES string of the molecule is CCOC(=O)C1(NC(=O)c2cccc(S(=O)(=O)N3CCc4ccccc4C3)c2)CCCCC1. The molecular formula is C25H30N2O5S. The van der Waals surface area contributed by atoms with Crippen LogP contribution in [0.25, 0.3) is 0 Å². The molecule has 4 rings (SSSR count). The molecule has 0 spiro atoms. The average Bonchev–Trinajstić information content (AvgIpc) is 2.84. The number of hydrogen-bond donors (Lipinski definition) is 1. The largest absolute Gasteiger partial charge is 0.464 e. The van der Waals surface area contributed by atoms with Crippen molar-refractivity contribution < 1.29 is 22.7 Å². The van der Waals surface area contributed by atoms with E-state index in [1.807, 2.05) is 24.3 Å². The summed E-state index contributed by atoms with van der Waals surface area (Å²) in [7, 11) is -3.77. The maximum absolute atomic E-state index is 13.3. The van der Waals surface area contributed by atoms with E-state index in [2.05, 4.69) is 5.32 Å². The van der Waals surface area contributed by atoms with Crippen LogP contribution in [0.15, 0.2) is 53.4 Å². The van der Waals surface area contributed by atoms with Gasteiger partial charge in [0, 0.05) is 18.7 Å². The first kappa shape index (κ1) is 23.4. The second-order valence-electron chi connectivity index (χ2n) is 8.70. The molecule has 0 radical (unpaired) electrons. The number of carbonyl (C=O) groups excluding carboxylic acids is 2. The Morgan fingerprint density at radius 2 is 1.76 bits per heavy atom. The fraction of sp³-hybridized carbons (Fsp3) is 0.440. The Labute approximate surface area is 195 Å². The molecule has 1 saturated carbocycles. The topological polar surface area (TPSA) is 92.8 Å². The first-order valence-electron chi connectivity index (χ1n) is 11.5. The van der Waals surface area contributed by atoms with Crippen molar-refractivity contribution in [1.29, 1.82) is 0 Å². The minimum Gasteiger partial charge on any atom is -0.464 e. The van der Waals surface area contributed by atoms with Crippen molar-refractivity contribution in [2.45, 2.75) is 62.4 Å². The second kappa shape index (κ2) is 9.65. The van der Waals surface area contributed by atoms with Crippen molar-refractivity contribution in [3.05, 3.63) is 65.2 Å². The van der Waals surface area contributed by atoms with E-state index in [0.29, 0.717) is 32.4 Å². The lowest BCUT2D eigenvalue weighted by atomic mass is 9.81. The molecule has 2 aromatic rings. The highest BCUT2D eigenvalue weighted by Crippen LogP contribution is 2.30. The fourth-order valence-corrected chi connectivity index (χ4v) is 6.18. The minimum atomic E-state index is -3.77. The van der Waals surface area contributed by atoms with E-state index in [1.165, 1.54) is 16.4 Å². The van der Waals surface area contributed by atoms with Gasteiger partial charge in [0.15, 0.2) is 0 Å². The summed E-state index contributed by atoms with van der Waals surface area (Å²) >= 11 is 0.